The van der Waals surface area contributed by atoms with Gasteiger partial charge in [-0.3, -0.25) is 0 Å². The fourth-order valence-electron chi connectivity index (χ4n) is 2.87. The van der Waals surface area contributed by atoms with Gasteiger partial charge in [0.15, 0.2) is 0 Å². The predicted molar refractivity (Wildman–Crippen MR) is 79.6 cm³/mol. The average Bonchev–Trinajstić information content (AvgIpc) is 3.02. The van der Waals surface area contributed by atoms with Crippen LogP contribution in [0.5, 0.6) is 5.75 Å². The molecule has 108 valence electrons. The van der Waals surface area contributed by atoms with Crippen LogP contribution in [-0.2, 0) is 10.3 Å². The number of aromatic nitrogens is 2. The van der Waals surface area contributed by atoms with Crippen LogP contribution in [0.3, 0.4) is 0 Å². The summed E-state index contributed by atoms with van der Waals surface area (Å²) in [5, 5.41) is -0.147. The normalized spacial score (nSPS) is 24.2. The quantitative estimate of drug-likeness (QED) is 0.813. The molecule has 2 atom stereocenters. The van der Waals surface area contributed by atoms with E-state index in [0.29, 0.717) is 6.61 Å². The number of methoxy groups -OCH3 is 1. The zero-order chi connectivity index (χ0) is 14.3. The Morgan fingerprint density at radius 1 is 1.50 bits per heavy atom. The van der Waals surface area contributed by atoms with Crippen molar-refractivity contribution in [1.29, 1.82) is 0 Å². The summed E-state index contributed by atoms with van der Waals surface area (Å²) in [4.78, 5) is 4.70. The third-order valence-corrected chi connectivity index (χ3v) is 4.18. The number of hydrogen-bond donors (Lipinski definition) is 0. The number of nitrogens with zero attached hydrogens (tertiary/aromatic N) is 2. The molecule has 1 saturated heterocycles. The molecule has 0 saturated carbocycles. The summed E-state index contributed by atoms with van der Waals surface area (Å²) in [7, 11) is 1.67. The minimum atomic E-state index is -0.147. The number of fused-ring (bicyclic) bond motifs is 1. The highest BCUT2D eigenvalue weighted by atomic mass is 35.5. The third-order valence-electron chi connectivity index (χ3n) is 3.98. The van der Waals surface area contributed by atoms with Gasteiger partial charge in [-0.05, 0) is 32.4 Å². The number of hydrogen-bond acceptors (Lipinski definition) is 3. The van der Waals surface area contributed by atoms with Gasteiger partial charge in [0, 0.05) is 12.7 Å². The zero-order valence-electron chi connectivity index (χ0n) is 12.0. The van der Waals surface area contributed by atoms with Crippen molar-refractivity contribution < 1.29 is 9.47 Å². The van der Waals surface area contributed by atoms with Crippen LogP contribution in [0.25, 0.3) is 11.0 Å². The van der Waals surface area contributed by atoms with Crippen LogP contribution in [0.2, 0.25) is 0 Å². The summed E-state index contributed by atoms with van der Waals surface area (Å²) in [6.07, 6.45) is 0.965. The maximum absolute atomic E-state index is 6.34. The maximum atomic E-state index is 6.34. The Kier molecular flexibility index (Phi) is 3.38. The van der Waals surface area contributed by atoms with Crippen molar-refractivity contribution in [3.63, 3.8) is 0 Å². The van der Waals surface area contributed by atoms with Crippen LogP contribution >= 0.6 is 11.6 Å². The van der Waals surface area contributed by atoms with Gasteiger partial charge in [0.25, 0.3) is 0 Å². The highest BCUT2D eigenvalue weighted by Crippen LogP contribution is 2.36. The van der Waals surface area contributed by atoms with E-state index in [1.54, 1.807) is 7.11 Å². The van der Waals surface area contributed by atoms with Crippen LogP contribution in [-0.4, -0.2) is 29.9 Å². The van der Waals surface area contributed by atoms with E-state index in [1.807, 2.05) is 25.1 Å². The number of rotatable bonds is 3. The van der Waals surface area contributed by atoms with Crippen LogP contribution in [0, 0.1) is 0 Å². The van der Waals surface area contributed by atoms with E-state index >= 15 is 0 Å². The Morgan fingerprint density at radius 3 is 2.90 bits per heavy atom. The molecule has 0 spiro atoms. The molecule has 4 nitrogen and oxygen atoms in total. The first-order chi connectivity index (χ1) is 9.55. The summed E-state index contributed by atoms with van der Waals surface area (Å²) in [6.45, 7) is 5.61. The van der Waals surface area contributed by atoms with Gasteiger partial charge in [0.1, 0.15) is 11.6 Å². The van der Waals surface area contributed by atoms with E-state index in [2.05, 4.69) is 11.5 Å². The molecular formula is C15H19ClN2O2. The van der Waals surface area contributed by atoms with Gasteiger partial charge in [-0.2, -0.15) is 0 Å². The van der Waals surface area contributed by atoms with Gasteiger partial charge in [-0.15, -0.1) is 11.6 Å². The molecule has 1 aliphatic rings. The Balaban J connectivity index is 2.27. The Hall–Kier alpha value is -1.26. The largest absolute Gasteiger partial charge is 0.497 e. The molecule has 1 aromatic carbocycles. The standard InChI is InChI=1S/C15H19ClN2O2/c1-10(16)14-17-12-5-4-11(19-3)8-13(12)18(14)15(2)6-7-20-9-15/h4-5,8,10H,6-7,9H2,1-3H3. The Labute approximate surface area is 123 Å². The number of halogens is 1. The van der Waals surface area contributed by atoms with Crippen molar-refractivity contribution in [2.24, 2.45) is 0 Å². The van der Waals surface area contributed by atoms with Gasteiger partial charge >= 0.3 is 0 Å². The minimum Gasteiger partial charge on any atom is -0.497 e. The van der Waals surface area contributed by atoms with Crippen LogP contribution in [0.4, 0.5) is 0 Å². The molecule has 1 aliphatic heterocycles. The van der Waals surface area contributed by atoms with E-state index in [-0.39, 0.29) is 10.9 Å². The molecule has 1 aromatic heterocycles. The van der Waals surface area contributed by atoms with E-state index in [4.69, 9.17) is 26.1 Å². The lowest BCUT2D eigenvalue weighted by Gasteiger charge is -2.28. The first-order valence-corrected chi connectivity index (χ1v) is 7.27. The second-order valence-corrected chi connectivity index (χ2v) is 6.23. The van der Waals surface area contributed by atoms with E-state index in [0.717, 1.165) is 35.6 Å². The molecule has 1 fully saturated rings. The summed E-state index contributed by atoms with van der Waals surface area (Å²) >= 11 is 6.34. The zero-order valence-corrected chi connectivity index (χ0v) is 12.8. The van der Waals surface area contributed by atoms with Crippen molar-refractivity contribution in [1.82, 2.24) is 9.55 Å². The van der Waals surface area contributed by atoms with Gasteiger partial charge in [0.05, 0.1) is 35.7 Å². The average molecular weight is 295 g/mol. The molecule has 5 heteroatoms. The molecule has 0 N–H and O–H groups in total. The fourth-order valence-corrected chi connectivity index (χ4v) is 3.01. The van der Waals surface area contributed by atoms with Crippen LogP contribution < -0.4 is 4.74 Å². The molecule has 3 rings (SSSR count). The highest BCUT2D eigenvalue weighted by molar-refractivity contribution is 6.20. The summed E-state index contributed by atoms with van der Waals surface area (Å²) in [5.74, 6) is 1.72. The van der Waals surface area contributed by atoms with Crippen molar-refractivity contribution in [2.45, 2.75) is 31.2 Å². The highest BCUT2D eigenvalue weighted by Gasteiger charge is 2.35. The van der Waals surface area contributed by atoms with Crippen molar-refractivity contribution in [3.8, 4) is 5.75 Å². The SMILES string of the molecule is COc1ccc2nc(C(C)Cl)n(C3(C)CCOC3)c2c1. The first kappa shape index (κ1) is 13.7. The first-order valence-electron chi connectivity index (χ1n) is 6.84. The minimum absolute atomic E-state index is 0.0976. The van der Waals surface area contributed by atoms with Gasteiger partial charge in [-0.1, -0.05) is 0 Å². The Morgan fingerprint density at radius 2 is 2.30 bits per heavy atom. The monoisotopic (exact) mass is 294 g/mol. The predicted octanol–water partition coefficient (Wildman–Crippen LogP) is 3.48. The molecule has 0 radical (unpaired) electrons. The number of benzene rings is 1. The molecule has 20 heavy (non-hydrogen) atoms. The number of alkyl halides is 1. The molecule has 2 unspecified atom stereocenters. The topological polar surface area (TPSA) is 36.3 Å². The van der Waals surface area contributed by atoms with E-state index < -0.39 is 0 Å². The second-order valence-electron chi connectivity index (χ2n) is 5.58. The van der Waals surface area contributed by atoms with Crippen molar-refractivity contribution >= 4 is 22.6 Å². The Bertz CT molecular complexity index is 630. The second kappa shape index (κ2) is 4.93. The van der Waals surface area contributed by atoms with Crippen LogP contribution in [0.15, 0.2) is 18.2 Å². The van der Waals surface area contributed by atoms with Gasteiger partial charge < -0.3 is 14.0 Å². The van der Waals surface area contributed by atoms with Crippen molar-refractivity contribution in [3.05, 3.63) is 24.0 Å². The molecule has 0 aliphatic carbocycles. The summed E-state index contributed by atoms with van der Waals surface area (Å²) in [5.41, 5.74) is 1.90. The number of ether oxygens (including phenoxy) is 2. The smallest absolute Gasteiger partial charge is 0.128 e. The molecule has 2 heterocycles. The molecule has 0 bridgehead atoms. The van der Waals surface area contributed by atoms with E-state index in [9.17, 15) is 0 Å². The molecule has 2 aromatic rings. The van der Waals surface area contributed by atoms with Crippen LogP contribution in [0.1, 0.15) is 31.5 Å². The number of imidazole rings is 1. The fraction of sp³-hybridized carbons (Fsp3) is 0.533. The molecular weight excluding hydrogens is 276 g/mol. The van der Waals surface area contributed by atoms with Gasteiger partial charge in [0.2, 0.25) is 0 Å². The van der Waals surface area contributed by atoms with E-state index in [1.165, 1.54) is 0 Å². The van der Waals surface area contributed by atoms with Gasteiger partial charge in [-0.25, -0.2) is 4.98 Å². The lowest BCUT2D eigenvalue weighted by Crippen LogP contribution is -2.32. The lowest BCUT2D eigenvalue weighted by atomic mass is 10.0. The maximum Gasteiger partial charge on any atom is 0.128 e. The lowest BCUT2D eigenvalue weighted by molar-refractivity contribution is 0.162. The third kappa shape index (κ3) is 2.07. The molecule has 0 amide bonds. The van der Waals surface area contributed by atoms with Crippen molar-refractivity contribution in [2.75, 3.05) is 20.3 Å². The summed E-state index contributed by atoms with van der Waals surface area (Å²) < 4.78 is 13.2. The summed E-state index contributed by atoms with van der Waals surface area (Å²) in [6, 6.07) is 5.93.